The van der Waals surface area contributed by atoms with Crippen LogP contribution in [0.4, 0.5) is 10.5 Å². The van der Waals surface area contributed by atoms with E-state index in [1.165, 1.54) is 16.7 Å². The van der Waals surface area contributed by atoms with E-state index in [1.807, 2.05) is 38.1 Å². The molecule has 1 aromatic carbocycles. The highest BCUT2D eigenvalue weighted by Crippen LogP contribution is 2.25. The van der Waals surface area contributed by atoms with Gasteiger partial charge in [-0.05, 0) is 26.0 Å². The number of carbonyl (C=O) groups is 2. The molecule has 0 radical (unpaired) electrons. The number of anilines is 1. The number of thioether (sulfide) groups is 1. The molecule has 1 saturated heterocycles. The highest BCUT2D eigenvalue weighted by Gasteiger charge is 2.36. The third-order valence-corrected chi connectivity index (χ3v) is 4.32. The number of rotatable bonds is 3. The Balaban J connectivity index is 2.21. The molecule has 0 aromatic heterocycles. The van der Waals surface area contributed by atoms with Gasteiger partial charge in [-0.3, -0.25) is 4.90 Å². The summed E-state index contributed by atoms with van der Waals surface area (Å²) in [6.07, 6.45) is 0. The second kappa shape index (κ2) is 6.17. The quantitative estimate of drug-likeness (QED) is 0.930. The molecule has 108 valence electrons. The van der Waals surface area contributed by atoms with Crippen LogP contribution in [0.5, 0.6) is 0 Å². The van der Waals surface area contributed by atoms with Crippen molar-refractivity contribution in [3.8, 4) is 0 Å². The van der Waals surface area contributed by atoms with Gasteiger partial charge < -0.3 is 10.0 Å². The molecule has 1 atom stereocenters. The maximum atomic E-state index is 12.6. The molecule has 1 aliphatic rings. The van der Waals surface area contributed by atoms with Crippen molar-refractivity contribution in [3.05, 3.63) is 29.8 Å². The Morgan fingerprint density at radius 3 is 2.60 bits per heavy atom. The van der Waals surface area contributed by atoms with E-state index in [0.29, 0.717) is 18.2 Å². The molecular formula is C14H18N2O3S. The molecule has 2 rings (SSSR count). The summed E-state index contributed by atoms with van der Waals surface area (Å²) in [4.78, 5) is 26.8. The van der Waals surface area contributed by atoms with Crippen molar-refractivity contribution in [1.82, 2.24) is 4.90 Å². The van der Waals surface area contributed by atoms with Gasteiger partial charge in [0.1, 0.15) is 6.04 Å². The van der Waals surface area contributed by atoms with E-state index in [4.69, 9.17) is 5.11 Å². The van der Waals surface area contributed by atoms with Gasteiger partial charge in [0, 0.05) is 18.0 Å². The monoisotopic (exact) mass is 294 g/mol. The first-order chi connectivity index (χ1) is 9.54. The summed E-state index contributed by atoms with van der Waals surface area (Å²) in [5.74, 6) is -0.0617. The lowest BCUT2D eigenvalue weighted by Gasteiger charge is -2.29. The zero-order valence-corrected chi connectivity index (χ0v) is 12.4. The summed E-state index contributed by atoms with van der Waals surface area (Å²) in [5.41, 5.74) is 1.92. The Morgan fingerprint density at radius 1 is 1.40 bits per heavy atom. The molecule has 0 bridgehead atoms. The van der Waals surface area contributed by atoms with Crippen LogP contribution < -0.4 is 4.90 Å². The van der Waals surface area contributed by atoms with Crippen LogP contribution in [0.2, 0.25) is 0 Å². The van der Waals surface area contributed by atoms with Gasteiger partial charge in [0.15, 0.2) is 0 Å². The number of hydrogen-bond donors (Lipinski definition) is 1. The van der Waals surface area contributed by atoms with E-state index >= 15 is 0 Å². The number of carboxylic acid groups (broad SMARTS) is 1. The maximum Gasteiger partial charge on any atom is 0.327 e. The fourth-order valence-electron chi connectivity index (χ4n) is 2.14. The van der Waals surface area contributed by atoms with Crippen molar-refractivity contribution in [1.29, 1.82) is 0 Å². The largest absolute Gasteiger partial charge is 0.480 e. The molecule has 1 aliphatic heterocycles. The van der Waals surface area contributed by atoms with Crippen molar-refractivity contribution in [2.75, 3.05) is 23.1 Å². The minimum atomic E-state index is -0.941. The minimum Gasteiger partial charge on any atom is -0.480 e. The minimum absolute atomic E-state index is 0.242. The highest BCUT2D eigenvalue weighted by atomic mass is 32.2. The van der Waals surface area contributed by atoms with E-state index < -0.39 is 12.0 Å². The van der Waals surface area contributed by atoms with Crippen LogP contribution in [0, 0.1) is 6.92 Å². The first-order valence-corrected chi connectivity index (χ1v) is 7.65. The van der Waals surface area contributed by atoms with E-state index in [-0.39, 0.29) is 6.03 Å². The van der Waals surface area contributed by atoms with Gasteiger partial charge in [-0.1, -0.05) is 17.7 Å². The molecule has 0 aliphatic carbocycles. The van der Waals surface area contributed by atoms with E-state index in [0.717, 1.165) is 11.3 Å². The summed E-state index contributed by atoms with van der Waals surface area (Å²) in [6, 6.07) is 6.68. The SMILES string of the molecule is CCN(C(=O)N1CSCC1C(=O)O)c1ccc(C)cc1. The molecule has 2 amide bonds. The second-order valence-electron chi connectivity index (χ2n) is 4.69. The third-order valence-electron chi connectivity index (χ3n) is 3.31. The van der Waals surface area contributed by atoms with Gasteiger partial charge in [-0.15, -0.1) is 11.8 Å². The molecule has 1 unspecified atom stereocenters. The lowest BCUT2D eigenvalue weighted by molar-refractivity contribution is -0.140. The summed E-state index contributed by atoms with van der Waals surface area (Å²) < 4.78 is 0. The number of benzene rings is 1. The van der Waals surface area contributed by atoms with Crippen LogP contribution in [0.25, 0.3) is 0 Å². The normalized spacial score (nSPS) is 18.1. The number of aliphatic carboxylic acids is 1. The lowest BCUT2D eigenvalue weighted by atomic mass is 10.2. The first-order valence-electron chi connectivity index (χ1n) is 6.50. The van der Waals surface area contributed by atoms with Crippen LogP contribution in [-0.4, -0.2) is 46.2 Å². The maximum absolute atomic E-state index is 12.6. The van der Waals surface area contributed by atoms with E-state index in [1.54, 1.807) is 4.90 Å². The van der Waals surface area contributed by atoms with Crippen molar-refractivity contribution in [3.63, 3.8) is 0 Å². The first kappa shape index (κ1) is 14.7. The number of hydrogen-bond acceptors (Lipinski definition) is 3. The molecule has 1 heterocycles. The van der Waals surface area contributed by atoms with Crippen molar-refractivity contribution in [2.45, 2.75) is 19.9 Å². The average molecular weight is 294 g/mol. The smallest absolute Gasteiger partial charge is 0.327 e. The van der Waals surface area contributed by atoms with Crippen LogP contribution in [0.3, 0.4) is 0 Å². The van der Waals surface area contributed by atoms with Gasteiger partial charge in [0.25, 0.3) is 0 Å². The number of urea groups is 1. The van der Waals surface area contributed by atoms with Crippen LogP contribution >= 0.6 is 11.8 Å². The van der Waals surface area contributed by atoms with Crippen molar-refractivity contribution < 1.29 is 14.7 Å². The molecular weight excluding hydrogens is 276 g/mol. The fraction of sp³-hybridized carbons (Fsp3) is 0.429. The molecule has 1 aromatic rings. The van der Waals surface area contributed by atoms with Gasteiger partial charge >= 0.3 is 12.0 Å². The standard InChI is InChI=1S/C14H18N2O3S/c1-3-15(11-6-4-10(2)5-7-11)14(19)16-9-20-8-12(16)13(17)18/h4-7,12H,3,8-9H2,1-2H3,(H,17,18). The number of carboxylic acids is 1. The third kappa shape index (κ3) is 2.90. The lowest BCUT2D eigenvalue weighted by Crippen LogP contribution is -2.48. The van der Waals surface area contributed by atoms with Gasteiger partial charge in [-0.25, -0.2) is 9.59 Å². The van der Waals surface area contributed by atoms with E-state index in [9.17, 15) is 9.59 Å². The molecule has 0 spiro atoms. The Labute approximate surface area is 122 Å². The summed E-state index contributed by atoms with van der Waals surface area (Å²) in [5, 5.41) is 9.17. The molecule has 1 fully saturated rings. The molecule has 0 saturated carbocycles. The average Bonchev–Trinajstić information content (AvgIpc) is 2.91. The fourth-order valence-corrected chi connectivity index (χ4v) is 3.28. The predicted octanol–water partition coefficient (Wildman–Crippen LogP) is 2.40. The van der Waals surface area contributed by atoms with Crippen molar-refractivity contribution >= 4 is 29.4 Å². The Bertz CT molecular complexity index is 504. The summed E-state index contributed by atoms with van der Waals surface area (Å²) >= 11 is 1.47. The molecule has 6 heteroatoms. The Morgan fingerprint density at radius 2 is 2.05 bits per heavy atom. The Hall–Kier alpha value is -1.69. The van der Waals surface area contributed by atoms with Crippen molar-refractivity contribution in [2.24, 2.45) is 0 Å². The summed E-state index contributed by atoms with van der Waals surface area (Å²) in [7, 11) is 0. The molecule has 5 nitrogen and oxygen atoms in total. The zero-order chi connectivity index (χ0) is 14.7. The number of nitrogens with zero attached hydrogens (tertiary/aromatic N) is 2. The van der Waals surface area contributed by atoms with Crippen LogP contribution in [-0.2, 0) is 4.79 Å². The zero-order valence-electron chi connectivity index (χ0n) is 11.6. The predicted molar refractivity (Wildman–Crippen MR) is 80.2 cm³/mol. The molecule has 1 N–H and O–H groups in total. The van der Waals surface area contributed by atoms with Gasteiger partial charge in [-0.2, -0.15) is 0 Å². The number of aryl methyl sites for hydroxylation is 1. The van der Waals surface area contributed by atoms with Crippen LogP contribution in [0.15, 0.2) is 24.3 Å². The molecule has 20 heavy (non-hydrogen) atoms. The number of amides is 2. The number of carbonyl (C=O) groups excluding carboxylic acids is 1. The highest BCUT2D eigenvalue weighted by molar-refractivity contribution is 7.99. The topological polar surface area (TPSA) is 60.9 Å². The Kier molecular flexibility index (Phi) is 4.54. The van der Waals surface area contributed by atoms with Gasteiger partial charge in [0.05, 0.1) is 5.88 Å². The summed E-state index contributed by atoms with van der Waals surface area (Å²) in [6.45, 7) is 4.38. The van der Waals surface area contributed by atoms with E-state index in [2.05, 4.69) is 0 Å². The second-order valence-corrected chi connectivity index (χ2v) is 5.69. The van der Waals surface area contributed by atoms with Gasteiger partial charge in [0.2, 0.25) is 0 Å². The van der Waals surface area contributed by atoms with Crippen LogP contribution in [0.1, 0.15) is 12.5 Å².